The highest BCUT2D eigenvalue weighted by Crippen LogP contribution is 2.20. The van der Waals surface area contributed by atoms with Gasteiger partial charge in [-0.25, -0.2) is 0 Å². The molecule has 2 saturated heterocycles. The van der Waals surface area contributed by atoms with Gasteiger partial charge in [-0.15, -0.1) is 24.8 Å². The van der Waals surface area contributed by atoms with Crippen molar-refractivity contribution in [2.45, 2.75) is 51.4 Å². The molecule has 2 N–H and O–H groups in total. The number of rotatable bonds is 5. The first-order valence-electron chi connectivity index (χ1n) is 8.50. The molecule has 0 spiro atoms. The Bertz CT molecular complexity index is 297. The highest BCUT2D eigenvalue weighted by Gasteiger charge is 2.25. The molecule has 1 amide bonds. The minimum Gasteiger partial charge on any atom is -0.342 e. The van der Waals surface area contributed by atoms with Crippen LogP contribution in [0.3, 0.4) is 0 Å². The van der Waals surface area contributed by atoms with E-state index in [9.17, 15) is 4.79 Å². The van der Waals surface area contributed by atoms with Gasteiger partial charge in [0.05, 0.1) is 0 Å². The fourth-order valence-corrected chi connectivity index (χ4v) is 3.54. The molecule has 4 nitrogen and oxygen atoms in total. The number of carbonyl (C=O) groups excluding carboxylic acids is 1. The molecule has 0 aromatic carbocycles. The van der Waals surface area contributed by atoms with Gasteiger partial charge in [0.25, 0.3) is 0 Å². The second-order valence-electron chi connectivity index (χ2n) is 6.46. The van der Waals surface area contributed by atoms with Crippen molar-refractivity contribution in [3.05, 3.63) is 0 Å². The van der Waals surface area contributed by atoms with Crippen LogP contribution in [0.25, 0.3) is 0 Å². The zero-order valence-electron chi connectivity index (χ0n) is 13.7. The van der Waals surface area contributed by atoms with E-state index in [0.29, 0.717) is 24.8 Å². The molecule has 6 heteroatoms. The number of hydrogen-bond donors (Lipinski definition) is 1. The second-order valence-corrected chi connectivity index (χ2v) is 6.46. The van der Waals surface area contributed by atoms with Gasteiger partial charge >= 0.3 is 0 Å². The molecule has 0 aromatic rings. The lowest BCUT2D eigenvalue weighted by molar-refractivity contribution is -0.133. The molecule has 0 bridgehead atoms. The number of carbonyl (C=O) groups is 1. The first kappa shape index (κ1) is 22.0. The van der Waals surface area contributed by atoms with Crippen molar-refractivity contribution in [3.63, 3.8) is 0 Å². The van der Waals surface area contributed by atoms with Gasteiger partial charge in [-0.1, -0.05) is 12.8 Å². The predicted octanol–water partition coefficient (Wildman–Crippen LogP) is 2.68. The van der Waals surface area contributed by atoms with Crippen LogP contribution in [0, 0.1) is 5.92 Å². The van der Waals surface area contributed by atoms with Crippen LogP contribution in [0.15, 0.2) is 0 Å². The van der Waals surface area contributed by atoms with Crippen molar-refractivity contribution in [3.8, 4) is 0 Å². The molecule has 2 aliphatic heterocycles. The first-order valence-corrected chi connectivity index (χ1v) is 8.50. The number of nitrogens with zero attached hydrogens (tertiary/aromatic N) is 2. The van der Waals surface area contributed by atoms with E-state index in [2.05, 4.69) is 9.80 Å². The largest absolute Gasteiger partial charge is 0.342 e. The van der Waals surface area contributed by atoms with Crippen LogP contribution in [-0.2, 0) is 4.79 Å². The van der Waals surface area contributed by atoms with Crippen molar-refractivity contribution in [1.82, 2.24) is 9.80 Å². The topological polar surface area (TPSA) is 49.6 Å². The van der Waals surface area contributed by atoms with E-state index < -0.39 is 0 Å². The summed E-state index contributed by atoms with van der Waals surface area (Å²) < 4.78 is 0. The maximum absolute atomic E-state index is 12.1. The number of nitrogens with two attached hydrogens (primary N) is 1. The van der Waals surface area contributed by atoms with Crippen LogP contribution in [0.4, 0.5) is 0 Å². The molecule has 0 aromatic heterocycles. The Kier molecular flexibility index (Phi) is 12.4. The van der Waals surface area contributed by atoms with Gasteiger partial charge < -0.3 is 15.5 Å². The third-order valence-electron chi connectivity index (χ3n) is 4.68. The summed E-state index contributed by atoms with van der Waals surface area (Å²) in [5.41, 5.74) is 5.49. The van der Waals surface area contributed by atoms with E-state index in [0.717, 1.165) is 19.5 Å². The standard InChI is InChI=1S/C16H31N3O.2ClH/c17-9-5-8-16(20)19-12-6-7-15(14-19)13-18-10-3-1-2-4-11-18;;/h15H,1-14,17H2;2*1H. The average molecular weight is 354 g/mol. The van der Waals surface area contributed by atoms with Gasteiger partial charge in [-0.2, -0.15) is 0 Å². The third kappa shape index (κ3) is 7.49. The van der Waals surface area contributed by atoms with E-state index in [1.54, 1.807) is 0 Å². The molecule has 0 radical (unpaired) electrons. The third-order valence-corrected chi connectivity index (χ3v) is 4.68. The summed E-state index contributed by atoms with van der Waals surface area (Å²) in [7, 11) is 0. The summed E-state index contributed by atoms with van der Waals surface area (Å²) in [5, 5.41) is 0. The van der Waals surface area contributed by atoms with Crippen molar-refractivity contribution in [1.29, 1.82) is 0 Å². The van der Waals surface area contributed by atoms with Crippen molar-refractivity contribution in [2.24, 2.45) is 11.7 Å². The summed E-state index contributed by atoms with van der Waals surface area (Å²) in [6, 6.07) is 0. The Morgan fingerprint density at radius 3 is 2.32 bits per heavy atom. The van der Waals surface area contributed by atoms with E-state index in [1.807, 2.05) is 0 Å². The summed E-state index contributed by atoms with van der Waals surface area (Å²) in [5.74, 6) is 1.000. The van der Waals surface area contributed by atoms with Crippen LogP contribution in [0.5, 0.6) is 0 Å². The van der Waals surface area contributed by atoms with E-state index in [1.165, 1.54) is 58.2 Å². The molecule has 22 heavy (non-hydrogen) atoms. The molecule has 0 aliphatic carbocycles. The Morgan fingerprint density at radius 1 is 1.00 bits per heavy atom. The molecule has 2 heterocycles. The van der Waals surface area contributed by atoms with E-state index >= 15 is 0 Å². The highest BCUT2D eigenvalue weighted by atomic mass is 35.5. The molecule has 2 rings (SSSR count). The number of halogens is 2. The van der Waals surface area contributed by atoms with Gasteiger partial charge in [0.2, 0.25) is 5.91 Å². The quantitative estimate of drug-likeness (QED) is 0.826. The van der Waals surface area contributed by atoms with Crippen molar-refractivity contribution >= 4 is 30.7 Å². The van der Waals surface area contributed by atoms with Crippen LogP contribution >= 0.6 is 24.8 Å². The van der Waals surface area contributed by atoms with E-state index in [-0.39, 0.29) is 24.8 Å². The lowest BCUT2D eigenvalue weighted by Crippen LogP contribution is -2.44. The molecule has 1 atom stereocenters. The van der Waals surface area contributed by atoms with E-state index in [4.69, 9.17) is 5.73 Å². The Labute approximate surface area is 148 Å². The normalized spacial score (nSPS) is 23.1. The fourth-order valence-electron chi connectivity index (χ4n) is 3.54. The minimum atomic E-state index is 0. The maximum Gasteiger partial charge on any atom is 0.222 e. The maximum atomic E-state index is 12.1. The van der Waals surface area contributed by atoms with Crippen LogP contribution in [0.2, 0.25) is 0 Å². The van der Waals surface area contributed by atoms with Crippen molar-refractivity contribution < 1.29 is 4.79 Å². The molecule has 2 fully saturated rings. The monoisotopic (exact) mass is 353 g/mol. The van der Waals surface area contributed by atoms with Crippen molar-refractivity contribution in [2.75, 3.05) is 39.3 Å². The number of hydrogen-bond acceptors (Lipinski definition) is 3. The summed E-state index contributed by atoms with van der Waals surface area (Å²) in [4.78, 5) is 16.8. The molecule has 2 aliphatic rings. The van der Waals surface area contributed by atoms with Gasteiger partial charge in [0.1, 0.15) is 0 Å². The molecule has 132 valence electrons. The smallest absolute Gasteiger partial charge is 0.222 e. The van der Waals surface area contributed by atoms with Gasteiger partial charge in [-0.3, -0.25) is 4.79 Å². The van der Waals surface area contributed by atoms with Crippen LogP contribution in [-0.4, -0.2) is 55.0 Å². The molecular formula is C16H33Cl2N3O. The zero-order valence-corrected chi connectivity index (χ0v) is 15.3. The number of piperidine rings is 1. The Hall–Kier alpha value is -0.0300. The number of amides is 1. The number of likely N-dealkylation sites (tertiary alicyclic amines) is 2. The predicted molar refractivity (Wildman–Crippen MR) is 97.0 cm³/mol. The summed E-state index contributed by atoms with van der Waals surface area (Å²) in [6.45, 7) is 6.27. The minimum absolute atomic E-state index is 0. The highest BCUT2D eigenvalue weighted by molar-refractivity contribution is 5.85. The SMILES string of the molecule is Cl.Cl.NCCCC(=O)N1CCCC(CN2CCCCCC2)C1. The van der Waals surface area contributed by atoms with Gasteiger partial charge in [0, 0.05) is 26.1 Å². The van der Waals surface area contributed by atoms with Crippen LogP contribution < -0.4 is 5.73 Å². The summed E-state index contributed by atoms with van der Waals surface area (Å²) in [6.07, 6.45) is 9.41. The Morgan fingerprint density at radius 2 is 1.68 bits per heavy atom. The average Bonchev–Trinajstić information content (AvgIpc) is 2.73. The van der Waals surface area contributed by atoms with Crippen LogP contribution in [0.1, 0.15) is 51.4 Å². The second kappa shape index (κ2) is 12.4. The molecular weight excluding hydrogens is 321 g/mol. The Balaban J connectivity index is 0.00000220. The molecule has 1 unspecified atom stereocenters. The van der Waals surface area contributed by atoms with Gasteiger partial charge in [-0.05, 0) is 57.7 Å². The lowest BCUT2D eigenvalue weighted by Gasteiger charge is -2.35. The summed E-state index contributed by atoms with van der Waals surface area (Å²) >= 11 is 0. The first-order chi connectivity index (χ1) is 9.79. The zero-order chi connectivity index (χ0) is 14.2. The lowest BCUT2D eigenvalue weighted by atomic mass is 9.97. The fraction of sp³-hybridized carbons (Fsp3) is 0.938. The molecule has 0 saturated carbocycles. The van der Waals surface area contributed by atoms with Gasteiger partial charge in [0.15, 0.2) is 0 Å².